The average molecular weight is 181 g/mol. The van der Waals surface area contributed by atoms with Crippen LogP contribution in [0.25, 0.3) is 5.82 Å². The predicted octanol–water partition coefficient (Wildman–Crippen LogP) is 1.32. The van der Waals surface area contributed by atoms with Gasteiger partial charge in [-0.1, -0.05) is 11.6 Å². The van der Waals surface area contributed by atoms with Crippen LogP contribution in [0.2, 0.25) is 5.02 Å². The van der Waals surface area contributed by atoms with Crippen molar-refractivity contribution in [2.24, 2.45) is 0 Å². The van der Waals surface area contributed by atoms with Gasteiger partial charge in [0.2, 0.25) is 0 Å². The molecular weight excluding hydrogens is 176 g/mol. The summed E-state index contributed by atoms with van der Waals surface area (Å²) in [4.78, 5) is 5.40. The number of nitrogens with zero attached hydrogens (tertiary/aromatic N) is 4. The third-order valence-corrected chi connectivity index (χ3v) is 1.64. The van der Waals surface area contributed by atoms with E-state index in [1.807, 2.05) is 0 Å². The van der Waals surface area contributed by atoms with Crippen LogP contribution in [0.4, 0.5) is 0 Å². The Morgan fingerprint density at radius 2 is 1.92 bits per heavy atom. The van der Waals surface area contributed by atoms with Crippen LogP contribution < -0.4 is 0 Å². The maximum Gasteiger partial charge on any atom is 0.193 e. The molecule has 4 nitrogen and oxygen atoms in total. The molecule has 0 radical (unpaired) electrons. The molecule has 0 amide bonds. The Bertz CT molecular complexity index is 371. The van der Waals surface area contributed by atoms with Crippen molar-refractivity contribution in [1.82, 2.24) is 20.0 Å². The largest absolute Gasteiger partial charge is 0.234 e. The highest BCUT2D eigenvalue weighted by molar-refractivity contribution is 6.32. The van der Waals surface area contributed by atoms with Crippen LogP contribution in [0.3, 0.4) is 0 Å². The summed E-state index contributed by atoms with van der Waals surface area (Å²) in [5.41, 5.74) is 0. The Morgan fingerprint density at radius 3 is 2.58 bits per heavy atom. The van der Waals surface area contributed by atoms with Gasteiger partial charge in [-0.15, -0.1) is 4.80 Å². The van der Waals surface area contributed by atoms with Crippen molar-refractivity contribution < 1.29 is 0 Å². The van der Waals surface area contributed by atoms with Gasteiger partial charge in [-0.2, -0.15) is 10.2 Å². The summed E-state index contributed by atoms with van der Waals surface area (Å²) < 4.78 is 0. The van der Waals surface area contributed by atoms with Crippen LogP contribution in [-0.4, -0.2) is 20.0 Å². The molecule has 12 heavy (non-hydrogen) atoms. The second-order valence-electron chi connectivity index (χ2n) is 2.13. The molecule has 0 N–H and O–H groups in total. The monoisotopic (exact) mass is 180 g/mol. The topological polar surface area (TPSA) is 43.6 Å². The number of rotatable bonds is 1. The molecule has 2 heterocycles. The van der Waals surface area contributed by atoms with Gasteiger partial charge in [-0.3, -0.25) is 0 Å². The van der Waals surface area contributed by atoms with Crippen molar-refractivity contribution in [3.05, 3.63) is 35.7 Å². The van der Waals surface area contributed by atoms with Crippen molar-refractivity contribution in [2.75, 3.05) is 0 Å². The van der Waals surface area contributed by atoms with E-state index < -0.39 is 0 Å². The highest BCUT2D eigenvalue weighted by Gasteiger charge is 2.02. The van der Waals surface area contributed by atoms with Crippen molar-refractivity contribution in [3.63, 3.8) is 0 Å². The number of halogens is 1. The number of aromatic nitrogens is 4. The van der Waals surface area contributed by atoms with E-state index in [4.69, 9.17) is 11.6 Å². The minimum Gasteiger partial charge on any atom is -0.234 e. The summed E-state index contributed by atoms with van der Waals surface area (Å²) in [7, 11) is 0. The smallest absolute Gasteiger partial charge is 0.193 e. The molecule has 0 saturated carbocycles. The fourth-order valence-corrected chi connectivity index (χ4v) is 1.05. The average Bonchev–Trinajstić information content (AvgIpc) is 2.57. The zero-order valence-corrected chi connectivity index (χ0v) is 6.81. The number of pyridine rings is 1. The maximum atomic E-state index is 5.85. The fourth-order valence-electron chi connectivity index (χ4n) is 0.850. The molecule has 2 aromatic rings. The van der Waals surface area contributed by atoms with E-state index in [9.17, 15) is 0 Å². The zero-order chi connectivity index (χ0) is 8.39. The quantitative estimate of drug-likeness (QED) is 0.665. The second-order valence-corrected chi connectivity index (χ2v) is 2.53. The standard InChI is InChI=1S/C7H5ClN4/c8-6-2-1-3-9-7(6)12-10-4-5-11-12/h1-5H. The molecule has 0 aliphatic heterocycles. The first-order valence-corrected chi connectivity index (χ1v) is 3.73. The maximum absolute atomic E-state index is 5.85. The minimum absolute atomic E-state index is 0.536. The fraction of sp³-hybridized carbons (Fsp3) is 0. The van der Waals surface area contributed by atoms with Crippen LogP contribution in [-0.2, 0) is 0 Å². The highest BCUT2D eigenvalue weighted by Crippen LogP contribution is 2.14. The Morgan fingerprint density at radius 1 is 1.17 bits per heavy atom. The van der Waals surface area contributed by atoms with Crippen LogP contribution >= 0.6 is 11.6 Å². The van der Waals surface area contributed by atoms with Crippen molar-refractivity contribution >= 4 is 11.6 Å². The van der Waals surface area contributed by atoms with Crippen molar-refractivity contribution in [1.29, 1.82) is 0 Å². The second kappa shape index (κ2) is 2.91. The highest BCUT2D eigenvalue weighted by atomic mass is 35.5. The third kappa shape index (κ3) is 1.16. The Kier molecular flexibility index (Phi) is 1.75. The van der Waals surface area contributed by atoms with E-state index in [-0.39, 0.29) is 0 Å². The Labute approximate surface area is 73.8 Å². The molecule has 0 aliphatic carbocycles. The van der Waals surface area contributed by atoms with E-state index in [0.717, 1.165) is 0 Å². The Balaban J connectivity index is 2.55. The Hall–Kier alpha value is -1.42. The predicted molar refractivity (Wildman–Crippen MR) is 44.2 cm³/mol. The van der Waals surface area contributed by atoms with E-state index in [2.05, 4.69) is 15.2 Å². The molecule has 0 aliphatic rings. The molecule has 0 aromatic carbocycles. The number of hydrogen-bond donors (Lipinski definition) is 0. The third-order valence-electron chi connectivity index (χ3n) is 1.35. The van der Waals surface area contributed by atoms with Crippen molar-refractivity contribution in [3.8, 4) is 5.82 Å². The lowest BCUT2D eigenvalue weighted by atomic mass is 10.5. The van der Waals surface area contributed by atoms with Gasteiger partial charge in [0.1, 0.15) is 0 Å². The van der Waals surface area contributed by atoms with Crippen LogP contribution in [0.15, 0.2) is 30.7 Å². The molecule has 2 aromatic heterocycles. The molecule has 0 unspecified atom stereocenters. The first-order chi connectivity index (χ1) is 5.88. The van der Waals surface area contributed by atoms with Gasteiger partial charge < -0.3 is 0 Å². The van der Waals surface area contributed by atoms with Crippen LogP contribution in [0, 0.1) is 0 Å². The molecular formula is C7H5ClN4. The lowest BCUT2D eigenvalue weighted by molar-refractivity contribution is 0.729. The SMILES string of the molecule is Clc1cccnc1-n1nccn1. The summed E-state index contributed by atoms with van der Waals surface area (Å²) in [5.74, 6) is 0.546. The first kappa shape index (κ1) is 7.24. The van der Waals surface area contributed by atoms with Crippen molar-refractivity contribution in [2.45, 2.75) is 0 Å². The van der Waals surface area contributed by atoms with Gasteiger partial charge >= 0.3 is 0 Å². The lowest BCUT2D eigenvalue weighted by Crippen LogP contribution is -2.01. The van der Waals surface area contributed by atoms with Gasteiger partial charge in [0.25, 0.3) is 0 Å². The van der Waals surface area contributed by atoms with E-state index >= 15 is 0 Å². The molecule has 0 atom stereocenters. The molecule has 0 saturated heterocycles. The number of hydrogen-bond acceptors (Lipinski definition) is 3. The summed E-state index contributed by atoms with van der Waals surface area (Å²) in [5, 5.41) is 8.35. The lowest BCUT2D eigenvalue weighted by Gasteiger charge is -1.98. The summed E-state index contributed by atoms with van der Waals surface area (Å²) in [6, 6.07) is 3.50. The van der Waals surface area contributed by atoms with Crippen LogP contribution in [0.1, 0.15) is 0 Å². The zero-order valence-electron chi connectivity index (χ0n) is 6.05. The molecule has 60 valence electrons. The summed E-state index contributed by atoms with van der Waals surface area (Å²) in [6.07, 6.45) is 4.79. The van der Waals surface area contributed by atoms with Gasteiger partial charge in [0.05, 0.1) is 17.4 Å². The van der Waals surface area contributed by atoms with Gasteiger partial charge in [0, 0.05) is 6.20 Å². The summed E-state index contributed by atoms with van der Waals surface area (Å²) in [6.45, 7) is 0. The molecule has 0 bridgehead atoms. The normalized spacial score (nSPS) is 10.1. The molecule has 5 heteroatoms. The van der Waals surface area contributed by atoms with E-state index in [1.165, 1.54) is 4.80 Å². The summed E-state index contributed by atoms with van der Waals surface area (Å²) >= 11 is 5.85. The van der Waals surface area contributed by atoms with Gasteiger partial charge in [-0.25, -0.2) is 4.98 Å². The van der Waals surface area contributed by atoms with E-state index in [1.54, 1.807) is 30.7 Å². The van der Waals surface area contributed by atoms with Gasteiger partial charge in [0.15, 0.2) is 5.82 Å². The minimum atomic E-state index is 0.536. The molecule has 2 rings (SSSR count). The van der Waals surface area contributed by atoms with Gasteiger partial charge in [-0.05, 0) is 12.1 Å². The van der Waals surface area contributed by atoms with Crippen LogP contribution in [0.5, 0.6) is 0 Å². The molecule has 0 fully saturated rings. The first-order valence-electron chi connectivity index (χ1n) is 3.35. The molecule has 0 spiro atoms. The van der Waals surface area contributed by atoms with E-state index in [0.29, 0.717) is 10.8 Å².